The molecule has 0 fully saturated rings. The summed E-state index contributed by atoms with van der Waals surface area (Å²) in [7, 11) is 0. The largest absolute Gasteiger partial charge is 0.0683 e. The molecule has 22 heavy (non-hydrogen) atoms. The Morgan fingerprint density at radius 1 is 0.455 bits per heavy atom. The van der Waals surface area contributed by atoms with Crippen molar-refractivity contribution >= 4 is 0 Å². The first-order valence-electron chi connectivity index (χ1n) is 7.98. The van der Waals surface area contributed by atoms with Crippen LogP contribution in [-0.2, 0) is 0 Å². The van der Waals surface area contributed by atoms with Crippen molar-refractivity contribution in [2.75, 3.05) is 0 Å². The molecule has 0 aliphatic rings. The first-order chi connectivity index (χ1) is 10.9. The summed E-state index contributed by atoms with van der Waals surface area (Å²) in [5, 5.41) is 0. The monoisotopic (exact) mass is 290 g/mol. The van der Waals surface area contributed by atoms with E-state index < -0.39 is 0 Å². The van der Waals surface area contributed by atoms with Crippen LogP contribution in [0.4, 0.5) is 0 Å². The van der Waals surface area contributed by atoms with Gasteiger partial charge in [-0.05, 0) is 11.1 Å². The van der Waals surface area contributed by atoms with Gasteiger partial charge < -0.3 is 0 Å². The van der Waals surface area contributed by atoms with Crippen LogP contribution in [0.2, 0.25) is 0 Å². The summed E-state index contributed by atoms with van der Waals surface area (Å²) < 4.78 is 0. The van der Waals surface area contributed by atoms with Crippen molar-refractivity contribution in [3.05, 3.63) is 108 Å². The molecule has 0 atom stereocenters. The van der Waals surface area contributed by atoms with Gasteiger partial charge in [-0.1, -0.05) is 118 Å². The van der Waals surface area contributed by atoms with Crippen LogP contribution in [0.15, 0.2) is 97.1 Å². The van der Waals surface area contributed by atoms with Crippen LogP contribution < -0.4 is 0 Å². The Kier molecular flexibility index (Phi) is 9.12. The maximum Gasteiger partial charge on any atom is 0.00610 e. The van der Waals surface area contributed by atoms with Gasteiger partial charge in [-0.25, -0.2) is 0 Å². The molecule has 0 saturated heterocycles. The van der Waals surface area contributed by atoms with Gasteiger partial charge in [0.2, 0.25) is 0 Å². The summed E-state index contributed by atoms with van der Waals surface area (Å²) in [6.45, 7) is 6.24. The van der Waals surface area contributed by atoms with E-state index in [2.05, 4.69) is 67.6 Å². The predicted octanol–water partition coefficient (Wildman–Crippen LogP) is 6.55. The zero-order valence-electron chi connectivity index (χ0n) is 13.8. The topological polar surface area (TPSA) is 0 Å². The molecule has 0 bridgehead atoms. The second-order valence-electron chi connectivity index (χ2n) is 4.70. The first kappa shape index (κ1) is 17.7. The molecule has 0 heterocycles. The highest BCUT2D eigenvalue weighted by Crippen LogP contribution is 2.22. The van der Waals surface area contributed by atoms with Crippen molar-refractivity contribution in [1.82, 2.24) is 0 Å². The summed E-state index contributed by atoms with van der Waals surface area (Å²) in [5.74, 6) is 0.484. The highest BCUT2D eigenvalue weighted by atomic mass is 14.1. The molecule has 3 rings (SSSR count). The van der Waals surface area contributed by atoms with Crippen molar-refractivity contribution < 1.29 is 0 Å². The first-order valence-corrected chi connectivity index (χ1v) is 7.98. The second kappa shape index (κ2) is 11.3. The summed E-state index contributed by atoms with van der Waals surface area (Å²) in [6.07, 6.45) is 0. The summed E-state index contributed by atoms with van der Waals surface area (Å²) in [4.78, 5) is 0. The minimum atomic E-state index is 0.484. The van der Waals surface area contributed by atoms with E-state index in [1.54, 1.807) is 0 Å². The van der Waals surface area contributed by atoms with Crippen LogP contribution in [0.5, 0.6) is 0 Å². The standard InChI is InChI=1S/C14H14.C6H6.C2H6/c1-12(13-8-4-2-5-9-13)14-10-6-3-7-11-14;1-2-4-6-5-3-1;1-2/h2-12H,1H3;1-6H;1-2H3. The Morgan fingerprint density at radius 3 is 0.955 bits per heavy atom. The SMILES string of the molecule is CC.CC(c1ccccc1)c1ccccc1.c1ccccc1. The maximum absolute atomic E-state index is 2.24. The molecule has 3 aromatic carbocycles. The molecule has 0 radical (unpaired) electrons. The quantitative estimate of drug-likeness (QED) is 0.502. The third-order valence-corrected chi connectivity index (χ3v) is 3.27. The van der Waals surface area contributed by atoms with Crippen LogP contribution in [0.3, 0.4) is 0 Å². The second-order valence-corrected chi connectivity index (χ2v) is 4.70. The van der Waals surface area contributed by atoms with E-state index in [1.807, 2.05) is 50.2 Å². The molecule has 0 spiro atoms. The molecule has 0 nitrogen and oxygen atoms in total. The summed E-state index contributed by atoms with van der Waals surface area (Å²) in [5.41, 5.74) is 2.75. The van der Waals surface area contributed by atoms with E-state index in [4.69, 9.17) is 0 Å². The molecule has 0 unspecified atom stereocenters. The third-order valence-electron chi connectivity index (χ3n) is 3.27. The van der Waals surface area contributed by atoms with Gasteiger partial charge in [-0.15, -0.1) is 0 Å². The van der Waals surface area contributed by atoms with Crippen molar-refractivity contribution in [3.63, 3.8) is 0 Å². The van der Waals surface area contributed by atoms with Crippen LogP contribution in [-0.4, -0.2) is 0 Å². The minimum absolute atomic E-state index is 0.484. The lowest BCUT2D eigenvalue weighted by Gasteiger charge is -2.11. The lowest BCUT2D eigenvalue weighted by Crippen LogP contribution is -1.94. The Morgan fingerprint density at radius 2 is 0.682 bits per heavy atom. The van der Waals surface area contributed by atoms with Crippen molar-refractivity contribution in [2.45, 2.75) is 26.7 Å². The lowest BCUT2D eigenvalue weighted by molar-refractivity contribution is 0.922. The van der Waals surface area contributed by atoms with Gasteiger partial charge in [0.25, 0.3) is 0 Å². The van der Waals surface area contributed by atoms with Crippen LogP contribution >= 0.6 is 0 Å². The fourth-order valence-electron chi connectivity index (χ4n) is 2.06. The molecule has 114 valence electrons. The molecular weight excluding hydrogens is 264 g/mol. The van der Waals surface area contributed by atoms with Gasteiger partial charge in [-0.2, -0.15) is 0 Å². The van der Waals surface area contributed by atoms with Gasteiger partial charge >= 0.3 is 0 Å². The number of benzene rings is 3. The van der Waals surface area contributed by atoms with Gasteiger partial charge in [-0.3, -0.25) is 0 Å². The fraction of sp³-hybridized carbons (Fsp3) is 0.182. The predicted molar refractivity (Wildman–Crippen MR) is 98.2 cm³/mol. The van der Waals surface area contributed by atoms with Gasteiger partial charge in [0.05, 0.1) is 0 Å². The molecule has 0 saturated carbocycles. The average molecular weight is 290 g/mol. The molecule has 0 aromatic heterocycles. The summed E-state index contributed by atoms with van der Waals surface area (Å²) >= 11 is 0. The third kappa shape index (κ3) is 6.41. The Hall–Kier alpha value is -2.34. The minimum Gasteiger partial charge on any atom is -0.0683 e. The normalized spacial score (nSPS) is 9.09. The fourth-order valence-corrected chi connectivity index (χ4v) is 2.06. The van der Waals surface area contributed by atoms with Gasteiger partial charge in [0.15, 0.2) is 0 Å². The van der Waals surface area contributed by atoms with Gasteiger partial charge in [0.1, 0.15) is 0 Å². The average Bonchev–Trinajstić information content (AvgIpc) is 2.66. The lowest BCUT2D eigenvalue weighted by atomic mass is 9.93. The van der Waals surface area contributed by atoms with Crippen LogP contribution in [0, 0.1) is 0 Å². The zero-order chi connectivity index (χ0) is 16.0. The maximum atomic E-state index is 2.24. The highest BCUT2D eigenvalue weighted by Gasteiger charge is 2.05. The van der Waals surface area contributed by atoms with Crippen LogP contribution in [0.25, 0.3) is 0 Å². The Labute approximate surface area is 135 Å². The van der Waals surface area contributed by atoms with E-state index in [0.717, 1.165) is 0 Å². The van der Waals surface area contributed by atoms with Gasteiger partial charge in [0, 0.05) is 5.92 Å². The Balaban J connectivity index is 0.000000253. The molecule has 0 amide bonds. The van der Waals surface area contributed by atoms with E-state index in [0.29, 0.717) is 5.92 Å². The number of hydrogen-bond acceptors (Lipinski definition) is 0. The molecular formula is C22H26. The Bertz CT molecular complexity index is 504. The van der Waals surface area contributed by atoms with E-state index in [-0.39, 0.29) is 0 Å². The highest BCUT2D eigenvalue weighted by molar-refractivity contribution is 5.31. The smallest absolute Gasteiger partial charge is 0.00610 e. The van der Waals surface area contributed by atoms with Crippen molar-refractivity contribution in [2.24, 2.45) is 0 Å². The van der Waals surface area contributed by atoms with E-state index >= 15 is 0 Å². The molecule has 0 aliphatic heterocycles. The molecule has 0 heteroatoms. The number of rotatable bonds is 2. The zero-order valence-corrected chi connectivity index (χ0v) is 13.8. The van der Waals surface area contributed by atoms with Crippen LogP contribution in [0.1, 0.15) is 37.8 Å². The summed E-state index contributed by atoms with van der Waals surface area (Å²) in [6, 6.07) is 33.2. The molecule has 0 N–H and O–H groups in total. The molecule has 3 aromatic rings. The van der Waals surface area contributed by atoms with Crippen molar-refractivity contribution in [3.8, 4) is 0 Å². The van der Waals surface area contributed by atoms with E-state index in [9.17, 15) is 0 Å². The number of hydrogen-bond donors (Lipinski definition) is 0. The van der Waals surface area contributed by atoms with Crippen molar-refractivity contribution in [1.29, 1.82) is 0 Å². The molecule has 0 aliphatic carbocycles. The van der Waals surface area contributed by atoms with E-state index in [1.165, 1.54) is 11.1 Å².